The fraction of sp³-hybridized carbons (Fsp3) is 0.417. The Morgan fingerprint density at radius 2 is 1.80 bits per heavy atom. The summed E-state index contributed by atoms with van der Waals surface area (Å²) in [6.07, 6.45) is 0. The molecule has 0 atom stereocenters. The predicted octanol–water partition coefficient (Wildman–Crippen LogP) is 2.71. The quantitative estimate of drug-likeness (QED) is 0.747. The Labute approximate surface area is 128 Å². The molecular formula is C12H15Cl2NO4S. The van der Waals surface area contributed by atoms with Crippen LogP contribution < -0.4 is 4.31 Å². The average Bonchev–Trinajstić information content (AvgIpc) is 2.37. The Hall–Kier alpha value is -0.980. The van der Waals surface area contributed by atoms with Crippen molar-refractivity contribution in [3.8, 4) is 0 Å². The number of para-hydroxylation sites is 1. The van der Waals surface area contributed by atoms with Gasteiger partial charge in [0.05, 0.1) is 28.1 Å². The summed E-state index contributed by atoms with van der Waals surface area (Å²) in [5.74, 6) is -0.853. The summed E-state index contributed by atoms with van der Waals surface area (Å²) in [5.41, 5.74) is 0.0886. The van der Waals surface area contributed by atoms with E-state index in [1.807, 2.05) is 0 Å². The van der Waals surface area contributed by atoms with Gasteiger partial charge >= 0.3 is 5.97 Å². The summed E-state index contributed by atoms with van der Waals surface area (Å²) in [7, 11) is -3.71. The number of halogens is 2. The lowest BCUT2D eigenvalue weighted by atomic mass is 10.3. The molecular weight excluding hydrogens is 325 g/mol. The topological polar surface area (TPSA) is 63.7 Å². The third kappa shape index (κ3) is 4.01. The van der Waals surface area contributed by atoms with Gasteiger partial charge in [-0.25, -0.2) is 8.42 Å². The second-order valence-corrected chi connectivity index (χ2v) is 6.78. The highest BCUT2D eigenvalue weighted by atomic mass is 35.5. The molecule has 0 saturated carbocycles. The molecule has 1 aromatic rings. The van der Waals surface area contributed by atoms with Crippen molar-refractivity contribution in [1.29, 1.82) is 0 Å². The fourth-order valence-electron chi connectivity index (χ4n) is 1.52. The molecule has 112 valence electrons. The summed E-state index contributed by atoms with van der Waals surface area (Å²) in [6, 6.07) is 4.60. The molecule has 1 rings (SSSR count). The third-order valence-corrected chi connectivity index (χ3v) is 4.79. The van der Waals surface area contributed by atoms with Crippen LogP contribution in [0.1, 0.15) is 13.8 Å². The maximum Gasteiger partial charge on any atom is 0.326 e. The first kappa shape index (κ1) is 17.1. The van der Waals surface area contributed by atoms with Crippen molar-refractivity contribution < 1.29 is 17.9 Å². The molecule has 0 spiro atoms. The van der Waals surface area contributed by atoms with E-state index < -0.39 is 22.5 Å². The van der Waals surface area contributed by atoms with Crippen LogP contribution in [0.4, 0.5) is 5.69 Å². The van der Waals surface area contributed by atoms with E-state index in [1.165, 1.54) is 19.1 Å². The van der Waals surface area contributed by atoms with E-state index in [0.29, 0.717) is 0 Å². The number of carbonyl (C=O) groups is 1. The Morgan fingerprint density at radius 3 is 2.25 bits per heavy atom. The van der Waals surface area contributed by atoms with Crippen molar-refractivity contribution in [2.75, 3.05) is 23.2 Å². The van der Waals surface area contributed by atoms with Crippen molar-refractivity contribution in [3.63, 3.8) is 0 Å². The highest BCUT2D eigenvalue weighted by Gasteiger charge is 2.27. The number of sulfonamides is 1. The largest absolute Gasteiger partial charge is 0.465 e. The number of rotatable bonds is 6. The highest BCUT2D eigenvalue weighted by Crippen LogP contribution is 2.35. The van der Waals surface area contributed by atoms with E-state index in [2.05, 4.69) is 0 Å². The summed E-state index contributed by atoms with van der Waals surface area (Å²) in [5, 5.41) is 0.303. The van der Waals surface area contributed by atoms with Gasteiger partial charge in [0.1, 0.15) is 6.54 Å². The second-order valence-electron chi connectivity index (χ2n) is 3.78. The van der Waals surface area contributed by atoms with Crippen molar-refractivity contribution in [2.45, 2.75) is 13.8 Å². The van der Waals surface area contributed by atoms with Crippen molar-refractivity contribution in [2.24, 2.45) is 0 Å². The zero-order valence-electron chi connectivity index (χ0n) is 11.1. The minimum Gasteiger partial charge on any atom is -0.465 e. The van der Waals surface area contributed by atoms with E-state index in [-0.39, 0.29) is 28.1 Å². The first-order valence-electron chi connectivity index (χ1n) is 5.93. The molecule has 1 aromatic carbocycles. The van der Waals surface area contributed by atoms with Crippen LogP contribution in [0.5, 0.6) is 0 Å². The van der Waals surface area contributed by atoms with Gasteiger partial charge in [-0.2, -0.15) is 0 Å². The molecule has 0 N–H and O–H groups in total. The fourth-order valence-corrected chi connectivity index (χ4v) is 3.31. The second kappa shape index (κ2) is 7.15. The van der Waals surface area contributed by atoms with Crippen molar-refractivity contribution >= 4 is 44.9 Å². The SMILES string of the molecule is CCOC(=O)CN(c1c(Cl)cccc1Cl)S(=O)(=O)CC. The van der Waals surface area contributed by atoms with Crippen LogP contribution in [0, 0.1) is 0 Å². The Bertz CT molecular complexity index is 569. The summed E-state index contributed by atoms with van der Waals surface area (Å²) >= 11 is 12.0. The van der Waals surface area contributed by atoms with Gasteiger partial charge in [-0.05, 0) is 26.0 Å². The maximum absolute atomic E-state index is 12.1. The summed E-state index contributed by atoms with van der Waals surface area (Å²) < 4.78 is 30.0. The van der Waals surface area contributed by atoms with Gasteiger partial charge in [-0.1, -0.05) is 29.3 Å². The van der Waals surface area contributed by atoms with Gasteiger partial charge in [0.25, 0.3) is 0 Å². The number of anilines is 1. The predicted molar refractivity (Wildman–Crippen MR) is 79.9 cm³/mol. The molecule has 0 fully saturated rings. The molecule has 0 aliphatic heterocycles. The zero-order chi connectivity index (χ0) is 15.3. The van der Waals surface area contributed by atoms with E-state index in [9.17, 15) is 13.2 Å². The molecule has 8 heteroatoms. The smallest absolute Gasteiger partial charge is 0.326 e. The number of hydrogen-bond donors (Lipinski definition) is 0. The number of hydrogen-bond acceptors (Lipinski definition) is 4. The molecule has 0 radical (unpaired) electrons. The number of nitrogens with zero attached hydrogens (tertiary/aromatic N) is 1. The Kier molecular flexibility index (Phi) is 6.10. The first-order chi connectivity index (χ1) is 9.33. The molecule has 0 aliphatic rings. The van der Waals surface area contributed by atoms with Gasteiger partial charge in [-0.3, -0.25) is 9.10 Å². The van der Waals surface area contributed by atoms with Gasteiger partial charge < -0.3 is 4.74 Å². The molecule has 0 bridgehead atoms. The van der Waals surface area contributed by atoms with Crippen LogP contribution in [0.3, 0.4) is 0 Å². The minimum atomic E-state index is -3.71. The van der Waals surface area contributed by atoms with Crippen LogP contribution in [0.2, 0.25) is 10.0 Å². The minimum absolute atomic E-state index is 0.0886. The van der Waals surface area contributed by atoms with Crippen LogP contribution in [0.15, 0.2) is 18.2 Å². The highest BCUT2D eigenvalue weighted by molar-refractivity contribution is 7.92. The zero-order valence-corrected chi connectivity index (χ0v) is 13.4. The van der Waals surface area contributed by atoms with Crippen LogP contribution >= 0.6 is 23.2 Å². The Morgan fingerprint density at radius 1 is 1.25 bits per heavy atom. The molecule has 0 amide bonds. The van der Waals surface area contributed by atoms with Crippen LogP contribution in [0.25, 0.3) is 0 Å². The molecule has 0 aliphatic carbocycles. The van der Waals surface area contributed by atoms with E-state index in [4.69, 9.17) is 27.9 Å². The standard InChI is InChI=1S/C12H15Cl2NO4S/c1-3-19-11(16)8-15(20(17,18)4-2)12-9(13)6-5-7-10(12)14/h5-7H,3-4,8H2,1-2H3. The van der Waals surface area contributed by atoms with Crippen LogP contribution in [-0.2, 0) is 19.6 Å². The normalized spacial score (nSPS) is 11.2. The Balaban J connectivity index is 3.28. The lowest BCUT2D eigenvalue weighted by molar-refractivity contribution is -0.141. The van der Waals surface area contributed by atoms with E-state index in [1.54, 1.807) is 13.0 Å². The third-order valence-electron chi connectivity index (χ3n) is 2.47. The van der Waals surface area contributed by atoms with E-state index in [0.717, 1.165) is 4.31 Å². The number of carbonyl (C=O) groups excluding carboxylic acids is 1. The molecule has 0 aromatic heterocycles. The van der Waals surface area contributed by atoms with Crippen molar-refractivity contribution in [1.82, 2.24) is 0 Å². The molecule has 0 unspecified atom stereocenters. The number of esters is 1. The van der Waals surface area contributed by atoms with E-state index >= 15 is 0 Å². The van der Waals surface area contributed by atoms with Gasteiger partial charge in [-0.15, -0.1) is 0 Å². The number of benzene rings is 1. The van der Waals surface area contributed by atoms with Gasteiger partial charge in [0.15, 0.2) is 0 Å². The molecule has 0 heterocycles. The maximum atomic E-state index is 12.1. The lowest BCUT2D eigenvalue weighted by Crippen LogP contribution is -2.38. The molecule has 5 nitrogen and oxygen atoms in total. The molecule has 0 saturated heterocycles. The van der Waals surface area contributed by atoms with Crippen molar-refractivity contribution in [3.05, 3.63) is 28.2 Å². The molecule has 20 heavy (non-hydrogen) atoms. The van der Waals surface area contributed by atoms with Crippen LogP contribution in [-0.4, -0.2) is 33.3 Å². The lowest BCUT2D eigenvalue weighted by Gasteiger charge is -2.24. The van der Waals surface area contributed by atoms with Gasteiger partial charge in [0, 0.05) is 0 Å². The first-order valence-corrected chi connectivity index (χ1v) is 8.30. The average molecular weight is 340 g/mol. The summed E-state index contributed by atoms with van der Waals surface area (Å²) in [6.45, 7) is 2.81. The van der Waals surface area contributed by atoms with Gasteiger partial charge in [0.2, 0.25) is 10.0 Å². The number of ether oxygens (including phenoxy) is 1. The summed E-state index contributed by atoms with van der Waals surface area (Å²) in [4.78, 5) is 11.6. The monoisotopic (exact) mass is 339 g/mol.